The fraction of sp³-hybridized carbons (Fsp3) is 0.611. The van der Waals surface area contributed by atoms with Crippen molar-refractivity contribution < 1.29 is 18.7 Å². The van der Waals surface area contributed by atoms with Crippen LogP contribution in [-0.4, -0.2) is 41.3 Å². The van der Waals surface area contributed by atoms with Crippen molar-refractivity contribution in [1.29, 1.82) is 0 Å². The van der Waals surface area contributed by atoms with Gasteiger partial charge in [-0.25, -0.2) is 13.6 Å². The standard InChI is InChI=1S/C18H26F2N2O2/c1-13(5-6-14-7-8-16(19)17(20)12-14)21-18(24)22-10-3-2-4-15(22)9-11-23/h7-8,12-13,15,23H,2-6,9-11H2,1H3,(H,21,24). The van der Waals surface area contributed by atoms with Crippen molar-refractivity contribution in [3.63, 3.8) is 0 Å². The van der Waals surface area contributed by atoms with Gasteiger partial charge in [0.05, 0.1) is 0 Å². The first-order valence-corrected chi connectivity index (χ1v) is 8.63. The Bertz CT molecular complexity index is 552. The van der Waals surface area contributed by atoms with Gasteiger partial charge in [-0.05, 0) is 63.1 Å². The highest BCUT2D eigenvalue weighted by atomic mass is 19.2. The Morgan fingerprint density at radius 2 is 2.17 bits per heavy atom. The minimum Gasteiger partial charge on any atom is -0.396 e. The summed E-state index contributed by atoms with van der Waals surface area (Å²) in [5, 5.41) is 12.1. The lowest BCUT2D eigenvalue weighted by Crippen LogP contribution is -2.51. The molecular formula is C18H26F2N2O2. The van der Waals surface area contributed by atoms with E-state index in [-0.39, 0.29) is 24.7 Å². The van der Waals surface area contributed by atoms with E-state index in [1.165, 1.54) is 6.07 Å². The van der Waals surface area contributed by atoms with Crippen LogP contribution in [0.3, 0.4) is 0 Å². The lowest BCUT2D eigenvalue weighted by Gasteiger charge is -2.36. The van der Waals surface area contributed by atoms with Crippen molar-refractivity contribution in [3.05, 3.63) is 35.4 Å². The molecule has 2 rings (SSSR count). The van der Waals surface area contributed by atoms with E-state index in [1.54, 1.807) is 6.07 Å². The first kappa shape index (κ1) is 18.6. The molecule has 1 aliphatic heterocycles. The molecule has 1 fully saturated rings. The Morgan fingerprint density at radius 3 is 2.88 bits per heavy atom. The molecule has 1 aromatic rings. The first-order chi connectivity index (χ1) is 11.5. The normalized spacial score (nSPS) is 19.2. The molecule has 24 heavy (non-hydrogen) atoms. The van der Waals surface area contributed by atoms with Gasteiger partial charge in [0.25, 0.3) is 0 Å². The smallest absolute Gasteiger partial charge is 0.317 e. The van der Waals surface area contributed by atoms with Crippen molar-refractivity contribution in [2.45, 2.75) is 57.5 Å². The quantitative estimate of drug-likeness (QED) is 0.835. The molecule has 0 spiro atoms. The Kier molecular flexibility index (Phi) is 6.97. The lowest BCUT2D eigenvalue weighted by atomic mass is 10.00. The molecule has 0 aromatic heterocycles. The predicted molar refractivity (Wildman–Crippen MR) is 88.7 cm³/mol. The van der Waals surface area contributed by atoms with Crippen LogP contribution in [-0.2, 0) is 6.42 Å². The number of urea groups is 1. The van der Waals surface area contributed by atoms with E-state index in [4.69, 9.17) is 5.11 Å². The highest BCUT2D eigenvalue weighted by Gasteiger charge is 2.26. The zero-order valence-electron chi connectivity index (χ0n) is 14.1. The molecule has 4 nitrogen and oxygen atoms in total. The van der Waals surface area contributed by atoms with Crippen LogP contribution in [0.2, 0.25) is 0 Å². The highest BCUT2D eigenvalue weighted by Crippen LogP contribution is 2.20. The average molecular weight is 340 g/mol. The number of halogens is 2. The number of hydrogen-bond acceptors (Lipinski definition) is 2. The molecule has 134 valence electrons. The molecule has 0 saturated carbocycles. The summed E-state index contributed by atoms with van der Waals surface area (Å²) in [5.41, 5.74) is 0.714. The van der Waals surface area contributed by atoms with E-state index in [0.29, 0.717) is 31.4 Å². The van der Waals surface area contributed by atoms with Crippen molar-refractivity contribution >= 4 is 6.03 Å². The van der Waals surface area contributed by atoms with E-state index >= 15 is 0 Å². The number of benzene rings is 1. The number of aryl methyl sites for hydroxylation is 1. The Morgan fingerprint density at radius 1 is 1.38 bits per heavy atom. The maximum absolute atomic E-state index is 13.2. The predicted octanol–water partition coefficient (Wildman–Crippen LogP) is 3.23. The van der Waals surface area contributed by atoms with Gasteiger partial charge >= 0.3 is 6.03 Å². The lowest BCUT2D eigenvalue weighted by molar-refractivity contribution is 0.129. The summed E-state index contributed by atoms with van der Waals surface area (Å²) < 4.78 is 26.1. The van der Waals surface area contributed by atoms with Crippen LogP contribution < -0.4 is 5.32 Å². The number of aliphatic hydroxyl groups is 1. The van der Waals surface area contributed by atoms with E-state index in [0.717, 1.165) is 25.3 Å². The second-order valence-electron chi connectivity index (χ2n) is 6.49. The topological polar surface area (TPSA) is 52.6 Å². The third kappa shape index (κ3) is 5.16. The maximum Gasteiger partial charge on any atom is 0.317 e. The zero-order valence-corrected chi connectivity index (χ0v) is 14.1. The fourth-order valence-electron chi connectivity index (χ4n) is 3.16. The van der Waals surface area contributed by atoms with E-state index < -0.39 is 11.6 Å². The van der Waals surface area contributed by atoms with Crippen LogP contribution in [0, 0.1) is 11.6 Å². The maximum atomic E-state index is 13.2. The SMILES string of the molecule is CC(CCc1ccc(F)c(F)c1)NC(=O)N1CCCCC1CCO. The monoisotopic (exact) mass is 340 g/mol. The molecule has 2 amide bonds. The van der Waals surface area contributed by atoms with Gasteiger partial charge in [0.2, 0.25) is 0 Å². The minimum absolute atomic E-state index is 0.0673. The number of nitrogens with zero attached hydrogens (tertiary/aromatic N) is 1. The number of carbonyl (C=O) groups is 1. The van der Waals surface area contributed by atoms with Crippen molar-refractivity contribution in [3.8, 4) is 0 Å². The number of nitrogens with one attached hydrogen (secondary N) is 1. The molecule has 2 unspecified atom stereocenters. The second kappa shape index (κ2) is 8.97. The largest absolute Gasteiger partial charge is 0.396 e. The Labute approximate surface area is 141 Å². The van der Waals surface area contributed by atoms with E-state index in [2.05, 4.69) is 5.32 Å². The van der Waals surface area contributed by atoms with Crippen molar-refractivity contribution in [2.24, 2.45) is 0 Å². The number of carbonyl (C=O) groups excluding carboxylic acids is 1. The molecule has 0 radical (unpaired) electrons. The summed E-state index contributed by atoms with van der Waals surface area (Å²) in [6.45, 7) is 2.70. The molecule has 2 N–H and O–H groups in total. The van der Waals surface area contributed by atoms with Gasteiger partial charge in [0, 0.05) is 25.2 Å². The van der Waals surface area contributed by atoms with Crippen LogP contribution in [0.1, 0.15) is 44.6 Å². The summed E-state index contributed by atoms with van der Waals surface area (Å²) in [6.07, 6.45) is 4.82. The van der Waals surface area contributed by atoms with Gasteiger partial charge in [0.1, 0.15) is 0 Å². The van der Waals surface area contributed by atoms with Gasteiger partial charge < -0.3 is 15.3 Å². The summed E-state index contributed by atoms with van der Waals surface area (Å²) in [4.78, 5) is 14.2. The molecule has 1 aliphatic rings. The number of likely N-dealkylation sites (tertiary alicyclic amines) is 1. The zero-order chi connectivity index (χ0) is 17.5. The number of piperidine rings is 1. The van der Waals surface area contributed by atoms with E-state index in [1.807, 2.05) is 11.8 Å². The number of hydrogen-bond donors (Lipinski definition) is 2. The van der Waals surface area contributed by atoms with E-state index in [9.17, 15) is 13.6 Å². The molecule has 1 saturated heterocycles. The van der Waals surface area contributed by atoms with Gasteiger partial charge in [-0.15, -0.1) is 0 Å². The highest BCUT2D eigenvalue weighted by molar-refractivity contribution is 5.75. The number of amides is 2. The van der Waals surface area contributed by atoms with Crippen LogP contribution in [0.5, 0.6) is 0 Å². The van der Waals surface area contributed by atoms with Gasteiger partial charge in [0.15, 0.2) is 11.6 Å². The summed E-state index contributed by atoms with van der Waals surface area (Å²) in [5.74, 6) is -1.69. The third-order valence-corrected chi connectivity index (χ3v) is 4.57. The van der Waals surface area contributed by atoms with Crippen LogP contribution in [0.15, 0.2) is 18.2 Å². The molecule has 1 aromatic carbocycles. The number of rotatable bonds is 6. The van der Waals surface area contributed by atoms with Crippen molar-refractivity contribution in [2.75, 3.05) is 13.2 Å². The van der Waals surface area contributed by atoms with Gasteiger partial charge in [-0.3, -0.25) is 0 Å². The van der Waals surface area contributed by atoms with Crippen molar-refractivity contribution in [1.82, 2.24) is 10.2 Å². The molecule has 0 bridgehead atoms. The fourth-order valence-corrected chi connectivity index (χ4v) is 3.16. The first-order valence-electron chi connectivity index (χ1n) is 8.63. The molecule has 1 heterocycles. The van der Waals surface area contributed by atoms with Crippen LogP contribution in [0.25, 0.3) is 0 Å². The summed E-state index contributed by atoms with van der Waals surface area (Å²) >= 11 is 0. The Balaban J connectivity index is 1.83. The third-order valence-electron chi connectivity index (χ3n) is 4.57. The Hall–Kier alpha value is -1.69. The van der Waals surface area contributed by atoms with Crippen LogP contribution in [0.4, 0.5) is 13.6 Å². The molecule has 6 heteroatoms. The van der Waals surface area contributed by atoms with Crippen LogP contribution >= 0.6 is 0 Å². The van der Waals surface area contributed by atoms with Gasteiger partial charge in [-0.1, -0.05) is 6.07 Å². The minimum atomic E-state index is -0.847. The molecule has 0 aliphatic carbocycles. The second-order valence-corrected chi connectivity index (χ2v) is 6.49. The summed E-state index contributed by atoms with van der Waals surface area (Å²) in [6, 6.07) is 3.82. The number of aliphatic hydroxyl groups excluding tert-OH is 1. The molecular weight excluding hydrogens is 314 g/mol. The molecule has 2 atom stereocenters. The average Bonchev–Trinajstić information content (AvgIpc) is 2.56. The van der Waals surface area contributed by atoms with Gasteiger partial charge in [-0.2, -0.15) is 0 Å². The summed E-state index contributed by atoms with van der Waals surface area (Å²) in [7, 11) is 0.